The number of rotatable bonds is 4. The highest BCUT2D eigenvalue weighted by molar-refractivity contribution is 7.14. The van der Waals surface area contributed by atoms with Gasteiger partial charge in [0.15, 0.2) is 5.13 Å². The number of carbonyl (C=O) groups excluding carboxylic acids is 2. The molecule has 8 nitrogen and oxygen atoms in total. The lowest BCUT2D eigenvalue weighted by Crippen LogP contribution is -2.39. The molecule has 0 saturated heterocycles. The normalized spacial score (nSPS) is 13.0. The first-order valence-corrected chi connectivity index (χ1v) is 9.17. The number of hydrogen-bond acceptors (Lipinski definition) is 7. The number of carbonyl (C=O) groups is 2. The molecular weight excluding hydrogens is 368 g/mol. The summed E-state index contributed by atoms with van der Waals surface area (Å²) in [6, 6.07) is 3.34. The molecule has 0 fully saturated rings. The lowest BCUT2D eigenvalue weighted by Gasteiger charge is -2.28. The molecule has 3 aromatic rings. The quantitative estimate of drug-likeness (QED) is 0.743. The molecule has 4 heterocycles. The van der Waals surface area contributed by atoms with Crippen LogP contribution >= 0.6 is 11.3 Å². The molecule has 0 aliphatic carbocycles. The maximum absolute atomic E-state index is 12.7. The SMILES string of the molecule is Cc1occc1C(=O)Nc1nc(CC(=O)N2CCOc3ccncc32)cs1. The standard InChI is InChI=1S/C18H16N4O4S/c1-11-13(3-6-25-11)17(24)21-18-20-12(10-27-18)8-16(23)22-5-7-26-15-2-4-19-9-14(15)22/h2-4,6,9-10H,5,7-8H2,1H3,(H,20,21,24). The van der Waals surface area contributed by atoms with Crippen LogP contribution in [0.4, 0.5) is 10.8 Å². The van der Waals surface area contributed by atoms with Gasteiger partial charge in [-0.1, -0.05) is 0 Å². The number of aromatic nitrogens is 2. The molecule has 0 saturated carbocycles. The van der Waals surface area contributed by atoms with Crippen molar-refractivity contribution < 1.29 is 18.7 Å². The van der Waals surface area contributed by atoms with Gasteiger partial charge in [-0.25, -0.2) is 4.98 Å². The molecule has 2 amide bonds. The van der Waals surface area contributed by atoms with Crippen LogP contribution in [0.25, 0.3) is 0 Å². The summed E-state index contributed by atoms with van der Waals surface area (Å²) in [5.74, 6) is 0.799. The first-order valence-electron chi connectivity index (χ1n) is 8.29. The minimum Gasteiger partial charge on any atom is -0.489 e. The second-order valence-electron chi connectivity index (χ2n) is 5.90. The number of pyridine rings is 1. The molecule has 0 atom stereocenters. The number of amides is 2. The lowest BCUT2D eigenvalue weighted by atomic mass is 10.2. The fraction of sp³-hybridized carbons (Fsp3) is 0.222. The Morgan fingerprint density at radius 3 is 3.07 bits per heavy atom. The van der Waals surface area contributed by atoms with E-state index in [1.54, 1.807) is 41.7 Å². The van der Waals surface area contributed by atoms with E-state index < -0.39 is 0 Å². The summed E-state index contributed by atoms with van der Waals surface area (Å²) in [5.41, 5.74) is 1.72. The highest BCUT2D eigenvalue weighted by Crippen LogP contribution is 2.30. The van der Waals surface area contributed by atoms with Gasteiger partial charge in [0.1, 0.15) is 23.8 Å². The molecule has 4 rings (SSSR count). The van der Waals surface area contributed by atoms with Gasteiger partial charge in [-0.2, -0.15) is 0 Å². The van der Waals surface area contributed by atoms with E-state index in [1.807, 2.05) is 0 Å². The molecule has 9 heteroatoms. The zero-order valence-electron chi connectivity index (χ0n) is 14.5. The monoisotopic (exact) mass is 384 g/mol. The van der Waals surface area contributed by atoms with Crippen LogP contribution in [-0.2, 0) is 11.2 Å². The van der Waals surface area contributed by atoms with Crippen molar-refractivity contribution in [2.24, 2.45) is 0 Å². The summed E-state index contributed by atoms with van der Waals surface area (Å²) in [6.45, 7) is 2.62. The Morgan fingerprint density at radius 2 is 2.26 bits per heavy atom. The van der Waals surface area contributed by atoms with Crippen LogP contribution in [0.3, 0.4) is 0 Å². The second kappa shape index (κ2) is 7.20. The zero-order chi connectivity index (χ0) is 18.8. The third-order valence-corrected chi connectivity index (χ3v) is 4.94. The third-order valence-electron chi connectivity index (χ3n) is 4.13. The summed E-state index contributed by atoms with van der Waals surface area (Å²) in [6.07, 6.45) is 4.84. The number of nitrogens with one attached hydrogen (secondary N) is 1. The molecule has 0 unspecified atom stereocenters. The van der Waals surface area contributed by atoms with Crippen molar-refractivity contribution in [2.45, 2.75) is 13.3 Å². The van der Waals surface area contributed by atoms with Crippen molar-refractivity contribution in [2.75, 3.05) is 23.4 Å². The van der Waals surface area contributed by atoms with Crippen molar-refractivity contribution in [3.63, 3.8) is 0 Å². The van der Waals surface area contributed by atoms with E-state index in [0.717, 1.165) is 0 Å². The maximum Gasteiger partial charge on any atom is 0.260 e. The van der Waals surface area contributed by atoms with Gasteiger partial charge in [-0.3, -0.25) is 19.9 Å². The molecular formula is C18H16N4O4S. The van der Waals surface area contributed by atoms with Crippen LogP contribution in [0.2, 0.25) is 0 Å². The van der Waals surface area contributed by atoms with E-state index in [9.17, 15) is 9.59 Å². The summed E-state index contributed by atoms with van der Waals surface area (Å²) in [7, 11) is 0. The molecule has 1 N–H and O–H groups in total. The van der Waals surface area contributed by atoms with Crippen LogP contribution < -0.4 is 15.0 Å². The second-order valence-corrected chi connectivity index (χ2v) is 6.76. The van der Waals surface area contributed by atoms with Gasteiger partial charge in [-0.05, 0) is 13.0 Å². The topological polar surface area (TPSA) is 97.6 Å². The van der Waals surface area contributed by atoms with Crippen LogP contribution in [0, 0.1) is 6.92 Å². The zero-order valence-corrected chi connectivity index (χ0v) is 15.3. The van der Waals surface area contributed by atoms with E-state index in [2.05, 4.69) is 15.3 Å². The Labute approximate surface area is 158 Å². The highest BCUT2D eigenvalue weighted by atomic mass is 32.1. The molecule has 0 spiro atoms. The molecule has 0 bridgehead atoms. The number of thiazole rings is 1. The van der Waals surface area contributed by atoms with E-state index >= 15 is 0 Å². The predicted molar refractivity (Wildman–Crippen MR) is 99.3 cm³/mol. The van der Waals surface area contributed by atoms with Gasteiger partial charge in [0.25, 0.3) is 5.91 Å². The van der Waals surface area contributed by atoms with Crippen molar-refractivity contribution in [1.82, 2.24) is 9.97 Å². The number of aryl methyl sites for hydroxylation is 1. The number of anilines is 2. The van der Waals surface area contributed by atoms with E-state index in [-0.39, 0.29) is 18.2 Å². The molecule has 1 aliphatic heterocycles. The van der Waals surface area contributed by atoms with Gasteiger partial charge in [0.2, 0.25) is 5.91 Å². The van der Waals surface area contributed by atoms with Crippen LogP contribution in [-0.4, -0.2) is 34.9 Å². The Bertz CT molecular complexity index is 997. The molecule has 0 radical (unpaired) electrons. The Balaban J connectivity index is 1.43. The Hall–Kier alpha value is -3.20. The van der Waals surface area contributed by atoms with Gasteiger partial charge >= 0.3 is 0 Å². The first kappa shape index (κ1) is 17.2. The van der Waals surface area contributed by atoms with E-state index in [0.29, 0.717) is 46.7 Å². The van der Waals surface area contributed by atoms with E-state index in [4.69, 9.17) is 9.15 Å². The number of ether oxygens (including phenoxy) is 1. The van der Waals surface area contributed by atoms with Crippen molar-refractivity contribution >= 4 is 34.0 Å². The number of hydrogen-bond donors (Lipinski definition) is 1. The number of fused-ring (bicyclic) bond motifs is 1. The smallest absolute Gasteiger partial charge is 0.260 e. The molecule has 27 heavy (non-hydrogen) atoms. The summed E-state index contributed by atoms with van der Waals surface area (Å²) >= 11 is 1.27. The fourth-order valence-corrected chi connectivity index (χ4v) is 3.51. The Morgan fingerprint density at radius 1 is 1.37 bits per heavy atom. The largest absolute Gasteiger partial charge is 0.489 e. The summed E-state index contributed by atoms with van der Waals surface area (Å²) in [4.78, 5) is 35.0. The van der Waals surface area contributed by atoms with Gasteiger partial charge in [0.05, 0.1) is 36.7 Å². The molecule has 1 aliphatic rings. The molecule has 138 valence electrons. The maximum atomic E-state index is 12.7. The average Bonchev–Trinajstić information content (AvgIpc) is 3.30. The summed E-state index contributed by atoms with van der Waals surface area (Å²) < 4.78 is 10.7. The third kappa shape index (κ3) is 3.54. The van der Waals surface area contributed by atoms with Crippen LogP contribution in [0.1, 0.15) is 21.8 Å². The van der Waals surface area contributed by atoms with Gasteiger partial charge in [0, 0.05) is 17.6 Å². The minimum absolute atomic E-state index is 0.0959. The molecule has 3 aromatic heterocycles. The number of furan rings is 1. The van der Waals surface area contributed by atoms with Crippen molar-refractivity contribution in [1.29, 1.82) is 0 Å². The average molecular weight is 384 g/mol. The van der Waals surface area contributed by atoms with E-state index in [1.165, 1.54) is 17.6 Å². The Kier molecular flexibility index (Phi) is 4.59. The van der Waals surface area contributed by atoms with Crippen LogP contribution in [0.15, 0.2) is 40.6 Å². The minimum atomic E-state index is -0.290. The van der Waals surface area contributed by atoms with Crippen LogP contribution in [0.5, 0.6) is 5.75 Å². The number of nitrogens with zero attached hydrogens (tertiary/aromatic N) is 3. The predicted octanol–water partition coefficient (Wildman–Crippen LogP) is 2.66. The highest BCUT2D eigenvalue weighted by Gasteiger charge is 2.24. The lowest BCUT2D eigenvalue weighted by molar-refractivity contribution is -0.118. The fourth-order valence-electron chi connectivity index (χ4n) is 2.81. The molecule has 0 aromatic carbocycles. The van der Waals surface area contributed by atoms with Gasteiger partial charge < -0.3 is 14.1 Å². The van der Waals surface area contributed by atoms with Crippen molar-refractivity contribution in [3.05, 3.63) is 53.2 Å². The van der Waals surface area contributed by atoms with Crippen molar-refractivity contribution in [3.8, 4) is 5.75 Å². The van der Waals surface area contributed by atoms with Gasteiger partial charge in [-0.15, -0.1) is 11.3 Å². The summed E-state index contributed by atoms with van der Waals surface area (Å²) in [5, 5.41) is 4.93. The first-order chi connectivity index (χ1) is 13.1.